The standard InChI is InChI=1S/C15H19NO3S/c1-10(5-7-17)20-15-12-9-14(19-3)13(18-2)8-11(12)4-6-16-15/h4,6,8-10,17H,5,7H2,1-3H3. The van der Waals surface area contributed by atoms with Crippen LogP contribution in [0.1, 0.15) is 13.3 Å². The number of hydrogen-bond acceptors (Lipinski definition) is 5. The van der Waals surface area contributed by atoms with E-state index in [1.807, 2.05) is 18.2 Å². The van der Waals surface area contributed by atoms with Crippen LogP contribution in [0.4, 0.5) is 0 Å². The predicted molar refractivity (Wildman–Crippen MR) is 81.9 cm³/mol. The maximum absolute atomic E-state index is 9.01. The lowest BCUT2D eigenvalue weighted by Crippen LogP contribution is -2.00. The van der Waals surface area contributed by atoms with E-state index in [0.29, 0.717) is 16.7 Å². The summed E-state index contributed by atoms with van der Waals surface area (Å²) in [5.74, 6) is 1.41. The van der Waals surface area contributed by atoms with E-state index in [4.69, 9.17) is 14.6 Å². The molecule has 1 heterocycles. The zero-order valence-corrected chi connectivity index (χ0v) is 12.7. The third kappa shape index (κ3) is 3.16. The molecular weight excluding hydrogens is 274 g/mol. The Bertz CT molecular complexity index is 589. The molecule has 1 N–H and O–H groups in total. The Labute approximate surface area is 123 Å². The maximum Gasteiger partial charge on any atom is 0.161 e. The molecule has 0 spiro atoms. The summed E-state index contributed by atoms with van der Waals surface area (Å²) in [7, 11) is 3.26. The molecule has 4 nitrogen and oxygen atoms in total. The second-order valence-electron chi connectivity index (χ2n) is 4.49. The van der Waals surface area contributed by atoms with E-state index in [-0.39, 0.29) is 6.61 Å². The molecule has 0 aliphatic carbocycles. The number of pyridine rings is 1. The molecule has 20 heavy (non-hydrogen) atoms. The van der Waals surface area contributed by atoms with E-state index in [2.05, 4.69) is 11.9 Å². The van der Waals surface area contributed by atoms with Gasteiger partial charge in [-0.15, -0.1) is 11.8 Å². The van der Waals surface area contributed by atoms with Gasteiger partial charge in [-0.25, -0.2) is 4.98 Å². The van der Waals surface area contributed by atoms with E-state index in [0.717, 1.165) is 22.2 Å². The van der Waals surface area contributed by atoms with Gasteiger partial charge in [0.2, 0.25) is 0 Å². The SMILES string of the molecule is COc1cc2ccnc(SC(C)CCO)c2cc1OC. The van der Waals surface area contributed by atoms with Crippen LogP contribution in [0, 0.1) is 0 Å². The number of aliphatic hydroxyl groups is 1. The molecule has 108 valence electrons. The summed E-state index contributed by atoms with van der Waals surface area (Å²) in [5, 5.41) is 12.4. The average Bonchev–Trinajstić information content (AvgIpc) is 2.46. The second-order valence-corrected chi connectivity index (χ2v) is 5.91. The van der Waals surface area contributed by atoms with Gasteiger partial charge in [-0.05, 0) is 30.0 Å². The fraction of sp³-hybridized carbons (Fsp3) is 0.400. The lowest BCUT2D eigenvalue weighted by molar-refractivity contribution is 0.289. The van der Waals surface area contributed by atoms with E-state index in [1.54, 1.807) is 32.2 Å². The second kappa shape index (κ2) is 6.81. The van der Waals surface area contributed by atoms with Crippen molar-refractivity contribution in [2.75, 3.05) is 20.8 Å². The van der Waals surface area contributed by atoms with Crippen molar-refractivity contribution in [3.05, 3.63) is 24.4 Å². The van der Waals surface area contributed by atoms with Gasteiger partial charge < -0.3 is 14.6 Å². The monoisotopic (exact) mass is 293 g/mol. The van der Waals surface area contributed by atoms with Gasteiger partial charge in [0, 0.05) is 23.4 Å². The Morgan fingerprint density at radius 2 is 1.95 bits per heavy atom. The van der Waals surface area contributed by atoms with Crippen LogP contribution >= 0.6 is 11.8 Å². The van der Waals surface area contributed by atoms with E-state index in [1.165, 1.54) is 0 Å². The first kappa shape index (κ1) is 14.9. The number of thioether (sulfide) groups is 1. The highest BCUT2D eigenvalue weighted by Crippen LogP contribution is 2.37. The summed E-state index contributed by atoms with van der Waals surface area (Å²) >= 11 is 1.66. The first-order valence-electron chi connectivity index (χ1n) is 6.47. The Hall–Kier alpha value is -1.46. The highest BCUT2D eigenvalue weighted by atomic mass is 32.2. The number of rotatable bonds is 6. The summed E-state index contributed by atoms with van der Waals surface area (Å²) in [6.45, 7) is 2.28. The molecule has 0 fully saturated rings. The zero-order chi connectivity index (χ0) is 14.5. The molecule has 1 aromatic carbocycles. The Morgan fingerprint density at radius 3 is 2.60 bits per heavy atom. The molecule has 2 aromatic rings. The quantitative estimate of drug-likeness (QED) is 0.829. The zero-order valence-electron chi connectivity index (χ0n) is 11.9. The molecule has 1 aromatic heterocycles. The lowest BCUT2D eigenvalue weighted by Gasteiger charge is -2.13. The van der Waals surface area contributed by atoms with Crippen molar-refractivity contribution >= 4 is 22.5 Å². The molecule has 1 atom stereocenters. The topological polar surface area (TPSA) is 51.6 Å². The Balaban J connectivity index is 2.45. The fourth-order valence-electron chi connectivity index (χ4n) is 2.00. The summed E-state index contributed by atoms with van der Waals surface area (Å²) < 4.78 is 10.7. The summed E-state index contributed by atoms with van der Waals surface area (Å²) in [6.07, 6.45) is 2.54. The normalized spacial score (nSPS) is 12.4. The van der Waals surface area contributed by atoms with Gasteiger partial charge >= 0.3 is 0 Å². The molecule has 0 bridgehead atoms. The van der Waals surface area contributed by atoms with Crippen LogP contribution in [-0.2, 0) is 0 Å². The highest BCUT2D eigenvalue weighted by molar-refractivity contribution is 8.00. The number of fused-ring (bicyclic) bond motifs is 1. The van der Waals surface area contributed by atoms with Crippen LogP contribution in [0.5, 0.6) is 11.5 Å². The number of methoxy groups -OCH3 is 2. The number of benzene rings is 1. The minimum Gasteiger partial charge on any atom is -0.493 e. The summed E-state index contributed by atoms with van der Waals surface area (Å²) in [5.41, 5.74) is 0. The third-order valence-electron chi connectivity index (χ3n) is 3.08. The summed E-state index contributed by atoms with van der Waals surface area (Å²) in [4.78, 5) is 4.44. The van der Waals surface area contributed by atoms with Gasteiger partial charge in [-0.3, -0.25) is 0 Å². The van der Waals surface area contributed by atoms with Gasteiger partial charge in [0.25, 0.3) is 0 Å². The van der Waals surface area contributed by atoms with Crippen molar-refractivity contribution in [3.63, 3.8) is 0 Å². The van der Waals surface area contributed by atoms with E-state index >= 15 is 0 Å². The number of hydrogen-bond donors (Lipinski definition) is 1. The van der Waals surface area contributed by atoms with Gasteiger partial charge in [0.05, 0.1) is 14.2 Å². The molecule has 0 aliphatic rings. The van der Waals surface area contributed by atoms with Crippen molar-refractivity contribution in [2.24, 2.45) is 0 Å². The highest BCUT2D eigenvalue weighted by Gasteiger charge is 2.12. The summed E-state index contributed by atoms with van der Waals surface area (Å²) in [6, 6.07) is 5.86. The molecule has 0 saturated carbocycles. The van der Waals surface area contributed by atoms with Crippen LogP contribution in [0.3, 0.4) is 0 Å². The largest absolute Gasteiger partial charge is 0.493 e. The van der Waals surface area contributed by atoms with Crippen molar-refractivity contribution in [1.29, 1.82) is 0 Å². The first-order chi connectivity index (χ1) is 9.69. The first-order valence-corrected chi connectivity index (χ1v) is 7.35. The van der Waals surface area contributed by atoms with Gasteiger partial charge in [0.1, 0.15) is 5.03 Å². The lowest BCUT2D eigenvalue weighted by atomic mass is 10.1. The molecular formula is C15H19NO3S. The number of nitrogens with zero attached hydrogens (tertiary/aromatic N) is 1. The minimum absolute atomic E-state index is 0.191. The molecule has 0 saturated heterocycles. The fourth-order valence-corrected chi connectivity index (χ4v) is 3.03. The van der Waals surface area contributed by atoms with E-state index < -0.39 is 0 Å². The van der Waals surface area contributed by atoms with Crippen molar-refractivity contribution < 1.29 is 14.6 Å². The minimum atomic E-state index is 0.191. The Morgan fingerprint density at radius 1 is 1.25 bits per heavy atom. The molecule has 5 heteroatoms. The van der Waals surface area contributed by atoms with Crippen LogP contribution in [0.25, 0.3) is 10.8 Å². The maximum atomic E-state index is 9.01. The number of ether oxygens (including phenoxy) is 2. The van der Waals surface area contributed by atoms with Crippen LogP contribution < -0.4 is 9.47 Å². The van der Waals surface area contributed by atoms with Crippen LogP contribution in [0.2, 0.25) is 0 Å². The molecule has 2 rings (SSSR count). The smallest absolute Gasteiger partial charge is 0.161 e. The van der Waals surface area contributed by atoms with E-state index in [9.17, 15) is 0 Å². The molecule has 0 aliphatic heterocycles. The van der Waals surface area contributed by atoms with Gasteiger partial charge in [0.15, 0.2) is 11.5 Å². The molecule has 1 unspecified atom stereocenters. The van der Waals surface area contributed by atoms with Crippen LogP contribution in [0.15, 0.2) is 29.4 Å². The number of aliphatic hydroxyl groups excluding tert-OH is 1. The van der Waals surface area contributed by atoms with Crippen molar-refractivity contribution in [3.8, 4) is 11.5 Å². The van der Waals surface area contributed by atoms with Crippen molar-refractivity contribution in [2.45, 2.75) is 23.6 Å². The number of aromatic nitrogens is 1. The third-order valence-corrected chi connectivity index (χ3v) is 4.27. The molecule has 0 radical (unpaired) electrons. The van der Waals surface area contributed by atoms with Crippen LogP contribution in [-0.4, -0.2) is 36.2 Å². The molecule has 0 amide bonds. The van der Waals surface area contributed by atoms with Gasteiger partial charge in [-0.2, -0.15) is 0 Å². The van der Waals surface area contributed by atoms with Crippen molar-refractivity contribution in [1.82, 2.24) is 4.98 Å². The van der Waals surface area contributed by atoms with Gasteiger partial charge in [-0.1, -0.05) is 6.92 Å². The Kier molecular flexibility index (Phi) is 5.09. The predicted octanol–water partition coefficient (Wildman–Crippen LogP) is 3.12. The average molecular weight is 293 g/mol.